The Labute approximate surface area is 333 Å². The third-order valence-corrected chi connectivity index (χ3v) is 16.5. The minimum atomic E-state index is -2.51. The molecule has 2 aliphatic heterocycles. The van der Waals surface area contributed by atoms with Gasteiger partial charge in [0.25, 0.3) is 11.5 Å². The first-order chi connectivity index (χ1) is 27.6. The SMILES string of the molecule is COc1ccc([Si](C)(C)[C@H]2[C@H](CC(=O)N(CCO)Cc3ccccc3)O[C@@]3(C(=O)N(Cc4cccc(-n5[nH]c6ccccc6c5=O)c4)c4ccccc43)[C@@H]2C)cc1. The lowest BCUT2D eigenvalue weighted by atomic mass is 9.82. The lowest BCUT2D eigenvalue weighted by Gasteiger charge is -2.37. The molecule has 1 spiro atoms. The Morgan fingerprint density at radius 3 is 2.33 bits per heavy atom. The Morgan fingerprint density at radius 2 is 1.60 bits per heavy atom. The van der Waals surface area contributed by atoms with Crippen LogP contribution in [0.3, 0.4) is 0 Å². The van der Waals surface area contributed by atoms with Gasteiger partial charge in [-0.05, 0) is 59.1 Å². The molecule has 5 aromatic carbocycles. The Balaban J connectivity index is 1.16. The molecule has 0 aliphatic carbocycles. The number of fused-ring (bicyclic) bond motifs is 3. The number of aliphatic hydroxyl groups is 1. The number of benzene rings is 5. The van der Waals surface area contributed by atoms with E-state index in [4.69, 9.17) is 9.47 Å². The number of rotatable bonds is 12. The van der Waals surface area contributed by atoms with E-state index in [1.54, 1.807) is 23.0 Å². The van der Waals surface area contributed by atoms with Gasteiger partial charge in [0, 0.05) is 24.6 Å². The molecule has 6 aromatic rings. The summed E-state index contributed by atoms with van der Waals surface area (Å²) < 4.78 is 14.3. The van der Waals surface area contributed by atoms with Gasteiger partial charge in [-0.1, -0.05) is 110 Å². The number of aliphatic hydroxyl groups excluding tert-OH is 1. The predicted octanol–water partition coefficient (Wildman–Crippen LogP) is 6.50. The highest BCUT2D eigenvalue weighted by Crippen LogP contribution is 2.60. The number of hydrogen-bond acceptors (Lipinski definition) is 6. The summed E-state index contributed by atoms with van der Waals surface area (Å²) in [6.07, 6.45) is -0.519. The summed E-state index contributed by atoms with van der Waals surface area (Å²) in [7, 11) is -0.866. The molecule has 1 aromatic heterocycles. The van der Waals surface area contributed by atoms with Crippen LogP contribution >= 0.6 is 0 Å². The minimum Gasteiger partial charge on any atom is -0.497 e. The fourth-order valence-electron chi connectivity index (χ4n) is 9.36. The number of amides is 2. The van der Waals surface area contributed by atoms with Crippen LogP contribution in [0.1, 0.15) is 30.0 Å². The Morgan fingerprint density at radius 1 is 0.895 bits per heavy atom. The van der Waals surface area contributed by atoms with Gasteiger partial charge < -0.3 is 24.4 Å². The van der Waals surface area contributed by atoms with Crippen molar-refractivity contribution in [2.24, 2.45) is 5.92 Å². The molecule has 1 fully saturated rings. The molecule has 292 valence electrons. The summed E-state index contributed by atoms with van der Waals surface area (Å²) in [4.78, 5) is 46.5. The van der Waals surface area contributed by atoms with Gasteiger partial charge >= 0.3 is 0 Å². The number of anilines is 1. The minimum absolute atomic E-state index is 0.0624. The molecule has 0 unspecified atom stereocenters. The topological polar surface area (TPSA) is 117 Å². The van der Waals surface area contributed by atoms with Crippen molar-refractivity contribution in [1.82, 2.24) is 14.7 Å². The highest BCUT2D eigenvalue weighted by atomic mass is 28.3. The first kappa shape index (κ1) is 38.1. The molecule has 0 bridgehead atoms. The summed E-state index contributed by atoms with van der Waals surface area (Å²) in [6, 6.07) is 40.8. The van der Waals surface area contributed by atoms with E-state index in [1.807, 2.05) is 109 Å². The number of hydrogen-bond donors (Lipinski definition) is 2. The van der Waals surface area contributed by atoms with Crippen molar-refractivity contribution in [2.75, 3.05) is 25.2 Å². The number of aromatic nitrogens is 2. The average molecular weight is 781 g/mol. The molecule has 0 radical (unpaired) electrons. The summed E-state index contributed by atoms with van der Waals surface area (Å²) in [5.41, 5.74) is 3.17. The number of H-pyrrole nitrogens is 1. The molecule has 1 saturated heterocycles. The van der Waals surface area contributed by atoms with Gasteiger partial charge in [-0.2, -0.15) is 0 Å². The quantitative estimate of drug-likeness (QED) is 0.137. The van der Waals surface area contributed by atoms with Crippen molar-refractivity contribution in [3.63, 3.8) is 0 Å². The van der Waals surface area contributed by atoms with Gasteiger partial charge in [0.15, 0.2) is 5.60 Å². The van der Waals surface area contributed by atoms with E-state index in [0.29, 0.717) is 17.6 Å². The fraction of sp³-hybridized carbons (Fsp3) is 0.283. The molecule has 11 heteroatoms. The summed E-state index contributed by atoms with van der Waals surface area (Å²) in [6.45, 7) is 7.34. The molecule has 4 atom stereocenters. The number of nitrogens with one attached hydrogen (secondary N) is 1. The van der Waals surface area contributed by atoms with Gasteiger partial charge in [-0.25, -0.2) is 4.68 Å². The van der Waals surface area contributed by atoms with E-state index < -0.39 is 19.8 Å². The Hall–Kier alpha value is -5.75. The van der Waals surface area contributed by atoms with Crippen LogP contribution in [0, 0.1) is 5.92 Å². The molecular weight excluding hydrogens is 733 g/mol. The van der Waals surface area contributed by atoms with E-state index in [1.165, 1.54) is 9.87 Å². The van der Waals surface area contributed by atoms with Crippen LogP contribution in [-0.2, 0) is 33.0 Å². The summed E-state index contributed by atoms with van der Waals surface area (Å²) in [5.74, 6) is 0.165. The number of ether oxygens (including phenoxy) is 2. The smallest absolute Gasteiger partial charge is 0.279 e. The van der Waals surface area contributed by atoms with E-state index in [9.17, 15) is 14.7 Å². The third kappa shape index (κ3) is 6.69. The second-order valence-electron chi connectivity index (χ2n) is 15.8. The van der Waals surface area contributed by atoms with Crippen LogP contribution in [0.2, 0.25) is 18.6 Å². The van der Waals surface area contributed by atoms with Crippen LogP contribution in [0.15, 0.2) is 132 Å². The van der Waals surface area contributed by atoms with Crippen molar-refractivity contribution in [1.29, 1.82) is 0 Å². The van der Waals surface area contributed by atoms with Crippen molar-refractivity contribution < 1.29 is 24.2 Å². The normalized spacial score (nSPS) is 20.3. The molecule has 0 saturated carbocycles. The number of carbonyl (C=O) groups is 2. The van der Waals surface area contributed by atoms with E-state index in [2.05, 4.69) is 37.2 Å². The van der Waals surface area contributed by atoms with E-state index in [0.717, 1.165) is 33.6 Å². The first-order valence-corrected chi connectivity index (χ1v) is 22.6. The molecule has 2 N–H and O–H groups in total. The highest BCUT2D eigenvalue weighted by Gasteiger charge is 2.66. The zero-order valence-corrected chi connectivity index (χ0v) is 33.7. The second-order valence-corrected chi connectivity index (χ2v) is 20.4. The monoisotopic (exact) mass is 780 g/mol. The van der Waals surface area contributed by atoms with Crippen LogP contribution < -0.4 is 20.4 Å². The van der Waals surface area contributed by atoms with Gasteiger partial charge in [0.1, 0.15) is 5.75 Å². The van der Waals surface area contributed by atoms with Crippen LogP contribution in [0.5, 0.6) is 5.75 Å². The molecule has 2 aliphatic rings. The maximum Gasteiger partial charge on any atom is 0.279 e. The van der Waals surface area contributed by atoms with Crippen LogP contribution in [-0.4, -0.2) is 66.0 Å². The van der Waals surface area contributed by atoms with E-state index in [-0.39, 0.29) is 54.9 Å². The number of carbonyl (C=O) groups excluding carboxylic acids is 2. The fourth-order valence-corrected chi connectivity index (χ4v) is 13.4. The Kier molecular flexibility index (Phi) is 10.2. The number of para-hydroxylation sites is 2. The van der Waals surface area contributed by atoms with E-state index >= 15 is 4.79 Å². The van der Waals surface area contributed by atoms with Crippen molar-refractivity contribution in [3.05, 3.63) is 154 Å². The lowest BCUT2D eigenvalue weighted by Crippen LogP contribution is -2.52. The largest absolute Gasteiger partial charge is 0.497 e. The van der Waals surface area contributed by atoms with Crippen LogP contribution in [0.25, 0.3) is 16.6 Å². The third-order valence-electron chi connectivity index (χ3n) is 12.2. The second kappa shape index (κ2) is 15.3. The predicted molar refractivity (Wildman–Crippen MR) is 225 cm³/mol. The molecule has 57 heavy (non-hydrogen) atoms. The van der Waals surface area contributed by atoms with Crippen molar-refractivity contribution in [2.45, 2.75) is 56.8 Å². The average Bonchev–Trinajstić information content (AvgIpc) is 3.81. The number of nitrogens with zero attached hydrogens (tertiary/aromatic N) is 3. The summed E-state index contributed by atoms with van der Waals surface area (Å²) in [5, 5.41) is 15.0. The zero-order valence-electron chi connectivity index (χ0n) is 32.7. The maximum atomic E-state index is 15.3. The van der Waals surface area contributed by atoms with Gasteiger partial charge in [-0.3, -0.25) is 19.5 Å². The highest BCUT2D eigenvalue weighted by molar-refractivity contribution is 6.91. The molecular formula is C46H48N4O6Si. The number of aromatic amines is 1. The van der Waals surface area contributed by atoms with Crippen molar-refractivity contribution in [3.8, 4) is 11.4 Å². The Bertz CT molecular complexity index is 2480. The van der Waals surface area contributed by atoms with Gasteiger partial charge in [0.2, 0.25) is 5.91 Å². The molecule has 2 amide bonds. The van der Waals surface area contributed by atoms with Gasteiger partial charge in [-0.15, -0.1) is 0 Å². The maximum absolute atomic E-state index is 15.3. The number of methoxy groups -OCH3 is 1. The first-order valence-electron chi connectivity index (χ1n) is 19.5. The van der Waals surface area contributed by atoms with Crippen LogP contribution in [0.4, 0.5) is 5.69 Å². The molecule has 10 nitrogen and oxygen atoms in total. The van der Waals surface area contributed by atoms with Gasteiger partial charge in [0.05, 0.1) is 63.1 Å². The van der Waals surface area contributed by atoms with Crippen molar-refractivity contribution >= 4 is 41.7 Å². The lowest BCUT2D eigenvalue weighted by molar-refractivity contribution is -0.150. The standard InChI is InChI=1S/C46H48N4O6Si/c1-31-43(57(3,4)36-23-21-35(55-2)22-24-36)41(28-42(52)48(25-26-51)29-32-13-6-5-7-14-32)56-46(31)38-18-9-11-20-40(38)49(45(46)54)30-33-15-12-16-34(27-33)50-44(53)37-17-8-10-19-39(37)47-50/h5-24,27,31,41,43,47,51H,25-26,28-30H2,1-4H3/t31-,41+,43-,46+/m1/s1. The molecule has 8 rings (SSSR count). The molecule has 3 heterocycles. The summed E-state index contributed by atoms with van der Waals surface area (Å²) >= 11 is 0. The zero-order chi connectivity index (χ0) is 39.9.